The Morgan fingerprint density at radius 2 is 0.887 bits per heavy atom. The Morgan fingerprint density at radius 1 is 0.526 bits per heavy atom. The van der Waals surface area contributed by atoms with E-state index in [2.05, 4.69) is 40.8 Å². The van der Waals surface area contributed by atoms with Crippen LogP contribution in [0.2, 0.25) is 20.1 Å². The molecule has 3 atom stereocenters. The van der Waals surface area contributed by atoms with Crippen molar-refractivity contribution < 1.29 is 52.9 Å². The van der Waals surface area contributed by atoms with Gasteiger partial charge in [0.1, 0.15) is 32.8 Å². The van der Waals surface area contributed by atoms with Gasteiger partial charge in [-0.2, -0.15) is 0 Å². The third-order valence-corrected chi connectivity index (χ3v) is 19.6. The van der Waals surface area contributed by atoms with Crippen molar-refractivity contribution in [3.63, 3.8) is 0 Å². The summed E-state index contributed by atoms with van der Waals surface area (Å²) in [5, 5.41) is 14.3. The van der Waals surface area contributed by atoms with Crippen molar-refractivity contribution >= 4 is 145 Å². The van der Waals surface area contributed by atoms with Crippen molar-refractivity contribution in [3.05, 3.63) is 115 Å². The molecule has 5 aromatic rings. The molecule has 0 spiro atoms. The number of amides is 5. The number of halogens is 4. The van der Waals surface area contributed by atoms with Crippen LogP contribution in [0.25, 0.3) is 0 Å². The summed E-state index contributed by atoms with van der Waals surface area (Å²) in [5.74, 6) is 15.2. The predicted octanol–water partition coefficient (Wildman–Crippen LogP) is 16.2. The van der Waals surface area contributed by atoms with Crippen molar-refractivity contribution in [1.29, 1.82) is 0 Å². The van der Waals surface area contributed by atoms with E-state index in [1.807, 2.05) is 94.1 Å². The van der Waals surface area contributed by atoms with Gasteiger partial charge in [0.15, 0.2) is 0 Å². The molecule has 24 heteroatoms. The minimum atomic E-state index is -1.19. The van der Waals surface area contributed by atoms with Crippen LogP contribution >= 0.6 is 80.4 Å². The average Bonchev–Trinajstić information content (AvgIpc) is 1.72. The number of ether oxygens (including phenoxy) is 2. The lowest BCUT2D eigenvalue weighted by molar-refractivity contribution is -0.132. The zero-order valence-electron chi connectivity index (χ0n) is 57.5. The number of methoxy groups -OCH3 is 2. The smallest absolute Gasteiger partial charge is 0.350 e. The highest BCUT2D eigenvalue weighted by atomic mass is 35.5. The quantitative estimate of drug-likeness (QED) is 0.0787. The number of nitrogens with zero attached hydrogens (tertiary/aromatic N) is 5. The highest BCUT2D eigenvalue weighted by Crippen LogP contribution is 2.39. The fourth-order valence-corrected chi connectivity index (χ4v) is 14.3. The van der Waals surface area contributed by atoms with Crippen LogP contribution in [0.4, 0.5) is 17.1 Å². The molecule has 2 aromatic carbocycles. The van der Waals surface area contributed by atoms with Crippen LogP contribution in [0, 0.1) is 51.8 Å². The second-order valence-electron chi connectivity index (χ2n) is 26.4. The van der Waals surface area contributed by atoms with Crippen molar-refractivity contribution in [1.82, 2.24) is 14.7 Å². The number of esters is 2. The highest BCUT2D eigenvalue weighted by molar-refractivity contribution is 7.16. The fourth-order valence-electron chi connectivity index (χ4n) is 10.6. The van der Waals surface area contributed by atoms with Gasteiger partial charge in [-0.1, -0.05) is 81.9 Å². The lowest BCUT2D eigenvalue weighted by Crippen LogP contribution is -2.50. The molecule has 8 rings (SSSR count). The second kappa shape index (κ2) is 35.1. The molecule has 0 unspecified atom stereocenters. The summed E-state index contributed by atoms with van der Waals surface area (Å²) in [6, 6.07) is 12.2. The minimum Gasteiger partial charge on any atom is -0.477 e. The van der Waals surface area contributed by atoms with Gasteiger partial charge >= 0.3 is 17.9 Å². The number of carbonyl (C=O) groups is 8. The third kappa shape index (κ3) is 21.7. The summed E-state index contributed by atoms with van der Waals surface area (Å²) in [5.41, 5.74) is 0.717. The molecule has 97 heavy (non-hydrogen) atoms. The maximum atomic E-state index is 14.1. The standard InChI is InChI=1S/C27H30Cl2N2O4S.C26H28Cl2N2O4S.C20H28N2O3S/c1-6-30-14-8-7-9-21(25(30)33)31(24(32)19-11-10-17(28)15-20(19)29)22-16-18(12-13-27(2,3)4)36-23(22)26(34)35-5;1-5-29-13-7-6-8-20(24(29)32)30(23(31)18-10-9-16(27)14-19(18)28)21-15-17(11-12-26(2,3)4)35-22(21)25(33)34;1-6-22-12-8-7-9-15(18(22)23)21-16-13-14(10-11-20(2,3)4)26-17(16)19(24)25-5/h10-11,15-16,21H,6-9,14H2,1-5H3;9-10,14-15,20H,5-8,13H2,1-4H3,(H,33,34);13,15,21H,6-9,12H2,1-5H3/t21-;20-;15-/m000/s1. The van der Waals surface area contributed by atoms with E-state index in [1.165, 1.54) is 65.7 Å². The molecule has 0 radical (unpaired) electrons. The number of carboxylic acid groups (broad SMARTS) is 1. The fraction of sp³-hybridized carbons (Fsp3) is 0.479. The number of nitrogens with one attached hydrogen (secondary N) is 1. The topological polar surface area (TPSA) is 203 Å². The van der Waals surface area contributed by atoms with Gasteiger partial charge in [-0.25, -0.2) is 14.4 Å². The normalized spacial score (nSPS) is 16.7. The van der Waals surface area contributed by atoms with E-state index in [9.17, 15) is 43.5 Å². The molecule has 0 saturated carbocycles. The number of benzene rings is 2. The van der Waals surface area contributed by atoms with Crippen LogP contribution in [0.15, 0.2) is 54.6 Å². The van der Waals surface area contributed by atoms with E-state index in [4.69, 9.17) is 55.9 Å². The molecule has 3 aliphatic rings. The minimum absolute atomic E-state index is 0.0539. The molecule has 0 aliphatic carbocycles. The largest absolute Gasteiger partial charge is 0.477 e. The third-order valence-electron chi connectivity index (χ3n) is 15.4. The summed E-state index contributed by atoms with van der Waals surface area (Å²) in [6.45, 7) is 27.4. The van der Waals surface area contributed by atoms with Gasteiger partial charge in [0, 0.05) is 65.6 Å². The van der Waals surface area contributed by atoms with E-state index >= 15 is 0 Å². The molecular weight excluding hydrogens is 1370 g/mol. The lowest BCUT2D eigenvalue weighted by Gasteiger charge is -2.33. The van der Waals surface area contributed by atoms with Crippen LogP contribution in [-0.2, 0) is 23.9 Å². The zero-order valence-corrected chi connectivity index (χ0v) is 63.0. The number of thiophene rings is 3. The molecule has 5 amide bonds. The molecule has 0 bridgehead atoms. The van der Waals surface area contributed by atoms with Crippen molar-refractivity contribution in [3.8, 4) is 35.5 Å². The van der Waals surface area contributed by atoms with Gasteiger partial charge in [-0.15, -0.1) is 34.0 Å². The van der Waals surface area contributed by atoms with E-state index in [0.29, 0.717) is 82.4 Å². The molecule has 3 saturated heterocycles. The Balaban J connectivity index is 0.000000233. The summed E-state index contributed by atoms with van der Waals surface area (Å²) >= 11 is 28.3. The Bertz CT molecular complexity index is 3930. The number of likely N-dealkylation sites (N-methyl/N-ethyl adjacent to an activating group) is 3. The maximum absolute atomic E-state index is 14.1. The number of carbonyl (C=O) groups excluding carboxylic acids is 7. The van der Waals surface area contributed by atoms with Crippen molar-refractivity contribution in [2.45, 2.75) is 159 Å². The number of aromatic carboxylic acids is 1. The van der Waals surface area contributed by atoms with Gasteiger partial charge in [0.25, 0.3) is 11.8 Å². The second-order valence-corrected chi connectivity index (χ2v) is 31.2. The van der Waals surface area contributed by atoms with Crippen LogP contribution in [0.1, 0.15) is 205 Å². The van der Waals surface area contributed by atoms with E-state index in [-0.39, 0.29) is 82.3 Å². The first-order valence-corrected chi connectivity index (χ1v) is 36.2. The number of rotatable bonds is 14. The summed E-state index contributed by atoms with van der Waals surface area (Å²) < 4.78 is 9.95. The number of carboxylic acids is 1. The highest BCUT2D eigenvalue weighted by Gasteiger charge is 2.41. The van der Waals surface area contributed by atoms with Gasteiger partial charge in [0.05, 0.1) is 67.1 Å². The number of hydrogen-bond acceptors (Lipinski definition) is 14. The monoisotopic (exact) mass is 1460 g/mol. The summed E-state index contributed by atoms with van der Waals surface area (Å²) in [7, 11) is 2.64. The molecule has 3 fully saturated rings. The Hall–Kier alpha value is -7.06. The van der Waals surface area contributed by atoms with Gasteiger partial charge in [0.2, 0.25) is 17.7 Å². The first-order valence-electron chi connectivity index (χ1n) is 32.2. The number of anilines is 3. The number of likely N-dealkylation sites (tertiary alicyclic amines) is 3. The van der Waals surface area contributed by atoms with E-state index in [1.54, 1.807) is 28.0 Å². The summed E-state index contributed by atoms with van der Waals surface area (Å²) in [6.07, 6.45) is 6.70. The Kier molecular flexibility index (Phi) is 28.6. The van der Waals surface area contributed by atoms with Crippen molar-refractivity contribution in [2.75, 3.05) is 68.6 Å². The van der Waals surface area contributed by atoms with Gasteiger partial charge < -0.3 is 34.6 Å². The van der Waals surface area contributed by atoms with Crippen molar-refractivity contribution in [2.24, 2.45) is 16.2 Å². The van der Waals surface area contributed by atoms with Gasteiger partial charge in [-0.3, -0.25) is 33.8 Å². The van der Waals surface area contributed by atoms with Crippen LogP contribution in [-0.4, -0.2) is 139 Å². The Morgan fingerprint density at radius 3 is 1.27 bits per heavy atom. The molecule has 17 nitrogen and oxygen atoms in total. The first-order chi connectivity index (χ1) is 45.6. The predicted molar refractivity (Wildman–Crippen MR) is 391 cm³/mol. The van der Waals surface area contributed by atoms with Gasteiger partial charge in [-0.05, 0) is 195 Å². The SMILES string of the molecule is CCN1CCCC[C@H](N(C(=O)c2ccc(Cl)cc2Cl)c2cc(C#CC(C)(C)C)sc2C(=O)O)C1=O.CCN1CCCC[C@H](N(C(=O)c2ccc(Cl)cc2Cl)c2cc(C#CC(C)(C)C)sc2C(=O)OC)C1=O.CCN1CCCC[C@H](Nc2cc(C#CC(C)(C)C)sc2C(=O)OC)C1=O. The van der Waals surface area contributed by atoms with Crippen LogP contribution < -0.4 is 15.1 Å². The molecule has 3 aliphatic heterocycles. The molecule has 2 N–H and O–H groups in total. The molecule has 3 aromatic heterocycles. The zero-order chi connectivity index (χ0) is 71.9. The van der Waals surface area contributed by atoms with Crippen LogP contribution in [0.5, 0.6) is 0 Å². The van der Waals surface area contributed by atoms with E-state index in [0.717, 1.165) is 72.6 Å². The lowest BCUT2D eigenvalue weighted by atomic mass is 9.98. The average molecular weight is 1460 g/mol. The van der Waals surface area contributed by atoms with E-state index < -0.39 is 41.8 Å². The first kappa shape index (κ1) is 78.9. The van der Waals surface area contributed by atoms with Crippen LogP contribution in [0.3, 0.4) is 0 Å². The molecule has 520 valence electrons. The number of hydrogen-bond donors (Lipinski definition) is 2. The summed E-state index contributed by atoms with van der Waals surface area (Å²) in [4.78, 5) is 116. The maximum Gasteiger partial charge on any atom is 0.350 e. The molecule has 6 heterocycles. The Labute approximate surface area is 602 Å². The molecular formula is C73H86Cl4N6O11S3.